The molecule has 15 nitrogen and oxygen atoms in total. The summed E-state index contributed by atoms with van der Waals surface area (Å²) >= 11 is 0. The molecule has 6 unspecified atom stereocenters. The molecule has 1 aromatic rings. The predicted octanol–water partition coefficient (Wildman–Crippen LogP) is -3.56. The largest absolute Gasteiger partial charge is 0.481 e. The van der Waals surface area contributed by atoms with Crippen molar-refractivity contribution in [2.75, 3.05) is 0 Å². The quantitative estimate of drug-likeness (QED) is 0.124. The number of nitrogens with two attached hydrogens (primary N) is 1. The number of aromatic amines is 1. The molecule has 0 saturated heterocycles. The molecule has 1 aromatic heterocycles. The molecule has 1 rings (SSSR count). The van der Waals surface area contributed by atoms with E-state index in [2.05, 4.69) is 25.9 Å². The van der Waals surface area contributed by atoms with Crippen LogP contribution >= 0.6 is 0 Å². The molecule has 6 atom stereocenters. The van der Waals surface area contributed by atoms with Gasteiger partial charge in [-0.2, -0.15) is 0 Å². The van der Waals surface area contributed by atoms with Crippen molar-refractivity contribution in [3.8, 4) is 0 Å². The van der Waals surface area contributed by atoms with Gasteiger partial charge in [-0.05, 0) is 20.3 Å². The molecule has 0 aliphatic heterocycles. The van der Waals surface area contributed by atoms with Crippen LogP contribution in [0.15, 0.2) is 12.5 Å². The van der Waals surface area contributed by atoms with E-state index >= 15 is 0 Å². The monoisotopic (exact) mass is 486 g/mol. The minimum Gasteiger partial charge on any atom is -0.481 e. The molecule has 10 N–H and O–H groups in total. The summed E-state index contributed by atoms with van der Waals surface area (Å²) in [5.41, 5.74) is 6.37. The molecule has 190 valence electrons. The minimum absolute atomic E-state index is 0.0611. The molecule has 0 aliphatic rings. The van der Waals surface area contributed by atoms with Crippen molar-refractivity contribution in [1.82, 2.24) is 25.9 Å². The fraction of sp³-hybridized carbons (Fsp3) is 0.579. The summed E-state index contributed by atoms with van der Waals surface area (Å²) in [5, 5.41) is 44.3. The number of H-pyrrole nitrogens is 1. The maximum absolute atomic E-state index is 12.7. The van der Waals surface area contributed by atoms with Crippen LogP contribution in [-0.4, -0.2) is 96.4 Å². The smallest absolute Gasteiger partial charge is 0.326 e. The summed E-state index contributed by atoms with van der Waals surface area (Å²) in [4.78, 5) is 66.1. The zero-order valence-corrected chi connectivity index (χ0v) is 18.6. The lowest BCUT2D eigenvalue weighted by Crippen LogP contribution is -2.62. The predicted molar refractivity (Wildman–Crippen MR) is 114 cm³/mol. The number of nitrogens with zero attached hydrogens (tertiary/aromatic N) is 1. The van der Waals surface area contributed by atoms with Gasteiger partial charge in [-0.1, -0.05) is 0 Å². The maximum Gasteiger partial charge on any atom is 0.326 e. The van der Waals surface area contributed by atoms with Gasteiger partial charge in [-0.25, -0.2) is 9.78 Å². The molecule has 0 aromatic carbocycles. The van der Waals surface area contributed by atoms with Crippen molar-refractivity contribution in [3.63, 3.8) is 0 Å². The number of carboxylic acid groups (broad SMARTS) is 2. The first-order valence-corrected chi connectivity index (χ1v) is 10.3. The van der Waals surface area contributed by atoms with Crippen LogP contribution < -0.4 is 21.7 Å². The van der Waals surface area contributed by atoms with Crippen LogP contribution in [0, 0.1) is 0 Å². The maximum atomic E-state index is 12.7. The molecule has 0 fully saturated rings. The second kappa shape index (κ2) is 13.2. The molecule has 0 bridgehead atoms. The second-order valence-electron chi connectivity index (χ2n) is 7.67. The van der Waals surface area contributed by atoms with Crippen LogP contribution in [0.1, 0.15) is 32.4 Å². The zero-order valence-electron chi connectivity index (χ0n) is 18.6. The molecular formula is C19H30N6O9. The SMILES string of the molecule is CC(O)C(NC(=O)C(N)Cc1cnc[nH]1)C(=O)NC(C(=O)NC(CCC(=O)O)C(=O)O)C(C)O. The Morgan fingerprint density at radius 1 is 0.971 bits per heavy atom. The topological polar surface area (TPSA) is 257 Å². The number of rotatable bonds is 14. The number of hydrogen-bond acceptors (Lipinski definition) is 9. The first-order chi connectivity index (χ1) is 15.8. The first kappa shape index (κ1) is 28.5. The van der Waals surface area contributed by atoms with E-state index in [4.69, 9.17) is 10.8 Å². The number of carbonyl (C=O) groups excluding carboxylic acids is 3. The number of hydrogen-bond donors (Lipinski definition) is 9. The molecule has 1 heterocycles. The number of aliphatic hydroxyl groups is 2. The Kier molecular flexibility index (Phi) is 11.1. The zero-order chi connectivity index (χ0) is 26.0. The Labute approximate surface area is 194 Å². The van der Waals surface area contributed by atoms with Gasteiger partial charge in [0.05, 0.1) is 24.6 Å². The van der Waals surface area contributed by atoms with Gasteiger partial charge < -0.3 is 47.1 Å². The van der Waals surface area contributed by atoms with Gasteiger partial charge >= 0.3 is 11.9 Å². The Morgan fingerprint density at radius 3 is 1.94 bits per heavy atom. The lowest BCUT2D eigenvalue weighted by molar-refractivity contribution is -0.144. The van der Waals surface area contributed by atoms with E-state index in [-0.39, 0.29) is 6.42 Å². The molecule has 0 saturated carbocycles. The lowest BCUT2D eigenvalue weighted by atomic mass is 10.1. The van der Waals surface area contributed by atoms with E-state index in [0.717, 1.165) is 6.92 Å². The van der Waals surface area contributed by atoms with E-state index in [0.29, 0.717) is 5.69 Å². The Morgan fingerprint density at radius 2 is 1.50 bits per heavy atom. The van der Waals surface area contributed by atoms with Crippen molar-refractivity contribution < 1.29 is 44.4 Å². The number of nitrogens with one attached hydrogen (secondary N) is 4. The number of aromatic nitrogens is 2. The van der Waals surface area contributed by atoms with E-state index in [9.17, 15) is 39.3 Å². The van der Waals surface area contributed by atoms with Gasteiger partial charge in [-0.3, -0.25) is 19.2 Å². The third-order valence-corrected chi connectivity index (χ3v) is 4.72. The summed E-state index contributed by atoms with van der Waals surface area (Å²) in [5.74, 6) is -5.72. The fourth-order valence-corrected chi connectivity index (χ4v) is 2.83. The molecule has 15 heteroatoms. The van der Waals surface area contributed by atoms with Gasteiger partial charge in [0.1, 0.15) is 18.1 Å². The molecule has 0 radical (unpaired) electrons. The van der Waals surface area contributed by atoms with E-state index < -0.39 is 78.9 Å². The number of carbonyl (C=O) groups is 5. The number of carboxylic acids is 2. The van der Waals surface area contributed by atoms with Crippen LogP contribution in [0.5, 0.6) is 0 Å². The summed E-state index contributed by atoms with van der Waals surface area (Å²) in [6.45, 7) is 2.35. The average molecular weight is 486 g/mol. The second-order valence-corrected chi connectivity index (χ2v) is 7.67. The number of imidazole rings is 1. The summed E-state index contributed by atoms with van der Waals surface area (Å²) < 4.78 is 0. The molecule has 34 heavy (non-hydrogen) atoms. The first-order valence-electron chi connectivity index (χ1n) is 10.3. The van der Waals surface area contributed by atoms with Crippen molar-refractivity contribution in [2.24, 2.45) is 5.73 Å². The van der Waals surface area contributed by atoms with Gasteiger partial charge in [0.2, 0.25) is 17.7 Å². The van der Waals surface area contributed by atoms with Crippen molar-refractivity contribution in [2.45, 2.75) is 69.5 Å². The third kappa shape index (κ3) is 9.13. The molecule has 0 aliphatic carbocycles. The normalized spacial score (nSPS) is 16.3. The Hall–Kier alpha value is -3.56. The highest BCUT2D eigenvalue weighted by atomic mass is 16.4. The number of amides is 3. The van der Waals surface area contributed by atoms with E-state index in [1.165, 1.54) is 19.4 Å². The summed E-state index contributed by atoms with van der Waals surface area (Å²) in [6, 6.07) is -5.92. The third-order valence-electron chi connectivity index (χ3n) is 4.72. The standard InChI is InChI=1S/C19H30N6O9/c1-8(26)14(17(31)23-12(19(33)34)3-4-13(28)29)25-18(32)15(9(2)27)24-16(30)11(20)5-10-6-21-7-22-10/h6-9,11-12,14-15,26-27H,3-5,20H2,1-2H3,(H,21,22)(H,23,31)(H,24,30)(H,25,32)(H,28,29)(H,33,34). The van der Waals surface area contributed by atoms with Gasteiger partial charge in [0, 0.05) is 24.7 Å². The highest BCUT2D eigenvalue weighted by Crippen LogP contribution is 2.04. The van der Waals surface area contributed by atoms with Gasteiger partial charge in [0.25, 0.3) is 0 Å². The molecule has 0 spiro atoms. The lowest BCUT2D eigenvalue weighted by Gasteiger charge is -2.27. The Bertz CT molecular complexity index is 858. The van der Waals surface area contributed by atoms with E-state index in [1.807, 2.05) is 0 Å². The van der Waals surface area contributed by atoms with Gasteiger partial charge in [0.15, 0.2) is 0 Å². The Balaban J connectivity index is 2.86. The van der Waals surface area contributed by atoms with E-state index in [1.54, 1.807) is 0 Å². The summed E-state index contributed by atoms with van der Waals surface area (Å²) in [7, 11) is 0. The van der Waals surface area contributed by atoms with Crippen LogP contribution in [0.25, 0.3) is 0 Å². The minimum atomic E-state index is -1.67. The van der Waals surface area contributed by atoms with Crippen LogP contribution in [0.2, 0.25) is 0 Å². The molecule has 3 amide bonds. The number of aliphatic carboxylic acids is 2. The van der Waals surface area contributed by atoms with Crippen LogP contribution in [-0.2, 0) is 30.4 Å². The van der Waals surface area contributed by atoms with Crippen molar-refractivity contribution in [3.05, 3.63) is 18.2 Å². The average Bonchev–Trinajstić information content (AvgIpc) is 3.24. The van der Waals surface area contributed by atoms with Crippen molar-refractivity contribution in [1.29, 1.82) is 0 Å². The van der Waals surface area contributed by atoms with Crippen LogP contribution in [0.4, 0.5) is 0 Å². The summed E-state index contributed by atoms with van der Waals surface area (Å²) in [6.07, 6.45) is -1.00. The fourth-order valence-electron chi connectivity index (χ4n) is 2.83. The van der Waals surface area contributed by atoms with Crippen molar-refractivity contribution >= 4 is 29.7 Å². The molecular weight excluding hydrogens is 456 g/mol. The van der Waals surface area contributed by atoms with Crippen LogP contribution in [0.3, 0.4) is 0 Å². The highest BCUT2D eigenvalue weighted by Gasteiger charge is 2.34. The number of aliphatic hydroxyl groups excluding tert-OH is 2. The van der Waals surface area contributed by atoms with Gasteiger partial charge in [-0.15, -0.1) is 0 Å². The highest BCUT2D eigenvalue weighted by molar-refractivity contribution is 5.94.